The van der Waals surface area contributed by atoms with Crippen LogP contribution in [0.3, 0.4) is 0 Å². The maximum atomic E-state index is 14.4. The molecule has 4 nitrogen and oxygen atoms in total. The molecule has 4 rings (SSSR count). The highest BCUT2D eigenvalue weighted by molar-refractivity contribution is 5.89. The van der Waals surface area contributed by atoms with E-state index in [1.165, 1.54) is 26.0 Å². The third-order valence-electron chi connectivity index (χ3n) is 5.59. The molecule has 0 atom stereocenters. The van der Waals surface area contributed by atoms with Crippen LogP contribution in [0.1, 0.15) is 34.3 Å². The van der Waals surface area contributed by atoms with Gasteiger partial charge in [0.2, 0.25) is 0 Å². The van der Waals surface area contributed by atoms with Crippen molar-refractivity contribution in [3.05, 3.63) is 34.6 Å². The molecule has 1 saturated carbocycles. The van der Waals surface area contributed by atoms with Gasteiger partial charge in [-0.15, -0.1) is 0 Å². The first kappa shape index (κ1) is 14.2. The number of benzene rings is 1. The lowest BCUT2D eigenvalue weighted by molar-refractivity contribution is -0.0412. The van der Waals surface area contributed by atoms with E-state index in [4.69, 9.17) is 0 Å². The summed E-state index contributed by atoms with van der Waals surface area (Å²) in [5.74, 6) is -0.746. The summed E-state index contributed by atoms with van der Waals surface area (Å²) >= 11 is 0. The third-order valence-corrected chi connectivity index (χ3v) is 5.59. The Balaban J connectivity index is 1.50. The highest BCUT2D eigenvalue weighted by atomic mass is 19.1. The van der Waals surface area contributed by atoms with Gasteiger partial charge in [0.25, 0.3) is 0 Å². The van der Waals surface area contributed by atoms with Gasteiger partial charge in [-0.25, -0.2) is 9.18 Å². The minimum Gasteiger partial charge on any atom is -0.465 e. The molecule has 2 fully saturated rings. The SMILES string of the molecule is COC(=O)c1cc(F)c2c(c1)CCN(C1CC3(CNC3)C1)C2. The number of nitrogens with one attached hydrogen (secondary N) is 1. The van der Waals surface area contributed by atoms with Gasteiger partial charge in [-0.3, -0.25) is 4.90 Å². The van der Waals surface area contributed by atoms with Crippen molar-refractivity contribution in [3.63, 3.8) is 0 Å². The molecule has 1 aromatic carbocycles. The number of esters is 1. The maximum Gasteiger partial charge on any atom is 0.337 e. The van der Waals surface area contributed by atoms with E-state index in [0.717, 1.165) is 37.2 Å². The molecule has 1 aliphatic carbocycles. The molecular formula is C17H21FN2O2. The number of hydrogen-bond acceptors (Lipinski definition) is 4. The summed E-state index contributed by atoms with van der Waals surface area (Å²) in [6.07, 6.45) is 3.27. The second-order valence-corrected chi connectivity index (χ2v) is 6.97. The quantitative estimate of drug-likeness (QED) is 0.845. The Morgan fingerprint density at radius 2 is 2.18 bits per heavy atom. The van der Waals surface area contributed by atoms with Crippen LogP contribution in [0, 0.1) is 11.2 Å². The number of rotatable bonds is 2. The zero-order valence-corrected chi connectivity index (χ0v) is 12.8. The minimum atomic E-state index is -0.470. The summed E-state index contributed by atoms with van der Waals surface area (Å²) in [6.45, 7) is 3.90. The summed E-state index contributed by atoms with van der Waals surface area (Å²) in [5.41, 5.74) is 2.57. The van der Waals surface area contributed by atoms with Gasteiger partial charge in [-0.05, 0) is 42.4 Å². The lowest BCUT2D eigenvalue weighted by atomic mass is 9.61. The monoisotopic (exact) mass is 304 g/mol. The molecule has 1 aromatic rings. The Hall–Kier alpha value is -1.46. The van der Waals surface area contributed by atoms with Crippen LogP contribution < -0.4 is 5.32 Å². The van der Waals surface area contributed by atoms with Crippen molar-refractivity contribution in [1.82, 2.24) is 10.2 Å². The van der Waals surface area contributed by atoms with Gasteiger partial charge in [0.05, 0.1) is 12.7 Å². The van der Waals surface area contributed by atoms with Gasteiger partial charge in [0.1, 0.15) is 5.82 Å². The third kappa shape index (κ3) is 2.15. The van der Waals surface area contributed by atoms with Crippen LogP contribution in [0.15, 0.2) is 12.1 Å². The average Bonchev–Trinajstić information content (AvgIpc) is 2.43. The van der Waals surface area contributed by atoms with Gasteiger partial charge < -0.3 is 10.1 Å². The lowest BCUT2D eigenvalue weighted by Gasteiger charge is -2.57. The molecule has 1 spiro atoms. The Kier molecular flexibility index (Phi) is 3.24. The summed E-state index contributed by atoms with van der Waals surface area (Å²) in [7, 11) is 1.32. The molecule has 22 heavy (non-hydrogen) atoms. The molecule has 0 bridgehead atoms. The highest BCUT2D eigenvalue weighted by Gasteiger charge is 2.50. The fourth-order valence-electron chi connectivity index (χ4n) is 4.15. The molecule has 0 aromatic heterocycles. The number of carbonyl (C=O) groups excluding carboxylic acids is 1. The predicted molar refractivity (Wildman–Crippen MR) is 80.2 cm³/mol. The number of hydrogen-bond donors (Lipinski definition) is 1. The van der Waals surface area contributed by atoms with E-state index in [0.29, 0.717) is 23.6 Å². The van der Waals surface area contributed by atoms with Crippen LogP contribution in [0.5, 0.6) is 0 Å². The van der Waals surface area contributed by atoms with Crippen molar-refractivity contribution in [1.29, 1.82) is 0 Å². The minimum absolute atomic E-state index is 0.276. The standard InChI is InChI=1S/C17H21FN2O2/c1-22-16(21)12-4-11-2-3-20(8-14(11)15(18)5-12)13-6-17(7-13)9-19-10-17/h4-5,13,19H,2-3,6-10H2,1H3. The van der Waals surface area contributed by atoms with Crippen molar-refractivity contribution >= 4 is 5.97 Å². The van der Waals surface area contributed by atoms with Gasteiger partial charge in [0.15, 0.2) is 0 Å². The van der Waals surface area contributed by atoms with Gasteiger partial charge in [0, 0.05) is 37.8 Å². The molecule has 0 unspecified atom stereocenters. The molecule has 118 valence electrons. The molecule has 1 N–H and O–H groups in total. The second-order valence-electron chi connectivity index (χ2n) is 6.97. The number of ether oxygens (including phenoxy) is 1. The van der Waals surface area contributed by atoms with Crippen LogP contribution >= 0.6 is 0 Å². The summed E-state index contributed by atoms with van der Waals surface area (Å²) in [4.78, 5) is 14.0. The smallest absolute Gasteiger partial charge is 0.337 e. The van der Waals surface area contributed by atoms with E-state index >= 15 is 0 Å². The van der Waals surface area contributed by atoms with Crippen LogP contribution in [-0.2, 0) is 17.7 Å². The summed E-state index contributed by atoms with van der Waals surface area (Å²) < 4.78 is 19.1. The number of carbonyl (C=O) groups is 1. The van der Waals surface area contributed by atoms with Gasteiger partial charge in [-0.2, -0.15) is 0 Å². The summed E-state index contributed by atoms with van der Waals surface area (Å²) in [5, 5.41) is 3.35. The lowest BCUT2D eigenvalue weighted by Crippen LogP contribution is -2.65. The first-order valence-electron chi connectivity index (χ1n) is 7.95. The maximum absolute atomic E-state index is 14.4. The topological polar surface area (TPSA) is 41.6 Å². The van der Waals surface area contributed by atoms with E-state index < -0.39 is 5.97 Å². The van der Waals surface area contributed by atoms with E-state index in [1.54, 1.807) is 6.07 Å². The van der Waals surface area contributed by atoms with Crippen LogP contribution in [0.4, 0.5) is 4.39 Å². The Morgan fingerprint density at radius 1 is 1.41 bits per heavy atom. The Morgan fingerprint density at radius 3 is 2.82 bits per heavy atom. The van der Waals surface area contributed by atoms with Crippen molar-refractivity contribution in [2.24, 2.45) is 5.41 Å². The Bertz CT molecular complexity index is 619. The largest absolute Gasteiger partial charge is 0.465 e. The van der Waals surface area contributed by atoms with Gasteiger partial charge in [-0.1, -0.05) is 0 Å². The molecule has 5 heteroatoms. The number of fused-ring (bicyclic) bond motifs is 1. The highest BCUT2D eigenvalue weighted by Crippen LogP contribution is 2.47. The Labute approximate surface area is 129 Å². The van der Waals surface area contributed by atoms with E-state index in [9.17, 15) is 9.18 Å². The molecular weight excluding hydrogens is 283 g/mol. The van der Waals surface area contributed by atoms with E-state index in [2.05, 4.69) is 15.0 Å². The van der Waals surface area contributed by atoms with Crippen LogP contribution in [0.25, 0.3) is 0 Å². The van der Waals surface area contributed by atoms with Crippen molar-refractivity contribution in [3.8, 4) is 0 Å². The summed E-state index contributed by atoms with van der Waals surface area (Å²) in [6, 6.07) is 3.70. The zero-order chi connectivity index (χ0) is 15.3. The zero-order valence-electron chi connectivity index (χ0n) is 12.8. The van der Waals surface area contributed by atoms with Crippen molar-refractivity contribution < 1.29 is 13.9 Å². The fraction of sp³-hybridized carbons (Fsp3) is 0.588. The number of nitrogens with zero attached hydrogens (tertiary/aromatic N) is 1. The van der Waals surface area contributed by atoms with E-state index in [1.807, 2.05) is 0 Å². The predicted octanol–water partition coefficient (Wildman–Crippen LogP) is 1.72. The average molecular weight is 304 g/mol. The molecule has 2 heterocycles. The second kappa shape index (κ2) is 5.03. The van der Waals surface area contributed by atoms with Crippen molar-refractivity contribution in [2.45, 2.75) is 31.8 Å². The number of methoxy groups -OCH3 is 1. The molecule has 0 radical (unpaired) electrons. The molecule has 0 amide bonds. The number of halogens is 1. The molecule has 3 aliphatic rings. The first-order valence-corrected chi connectivity index (χ1v) is 7.95. The molecule has 1 saturated heterocycles. The first-order chi connectivity index (χ1) is 10.6. The van der Waals surface area contributed by atoms with Gasteiger partial charge >= 0.3 is 5.97 Å². The van der Waals surface area contributed by atoms with Crippen molar-refractivity contribution in [2.75, 3.05) is 26.7 Å². The normalized spacial score (nSPS) is 23.5. The van der Waals surface area contributed by atoms with Crippen LogP contribution in [-0.4, -0.2) is 43.7 Å². The van der Waals surface area contributed by atoms with E-state index in [-0.39, 0.29) is 5.82 Å². The molecule has 2 aliphatic heterocycles. The fourth-order valence-corrected chi connectivity index (χ4v) is 4.15. The van der Waals surface area contributed by atoms with Crippen LogP contribution in [0.2, 0.25) is 0 Å².